The van der Waals surface area contributed by atoms with Crippen LogP contribution in [0.3, 0.4) is 0 Å². The third-order valence-electron chi connectivity index (χ3n) is 3.09. The van der Waals surface area contributed by atoms with Gasteiger partial charge in [0.15, 0.2) is 0 Å². The second-order valence-corrected chi connectivity index (χ2v) is 4.36. The van der Waals surface area contributed by atoms with Crippen molar-refractivity contribution in [2.75, 3.05) is 13.6 Å². The second kappa shape index (κ2) is 5.51. The first kappa shape index (κ1) is 13.3. The lowest BCUT2D eigenvalue weighted by Gasteiger charge is -2.35. The van der Waals surface area contributed by atoms with Crippen LogP contribution in [0, 0.1) is 12.3 Å². The average Bonchev–Trinajstić information content (AvgIpc) is 2.30. The Morgan fingerprint density at radius 1 is 1.47 bits per heavy atom. The van der Waals surface area contributed by atoms with Gasteiger partial charge in [0.1, 0.15) is 5.54 Å². The molecule has 17 heavy (non-hydrogen) atoms. The predicted octanol–water partition coefficient (Wildman–Crippen LogP) is 1.04. The van der Waals surface area contributed by atoms with E-state index in [-0.39, 0.29) is 5.91 Å². The summed E-state index contributed by atoms with van der Waals surface area (Å²) in [5, 5.41) is 0. The maximum atomic E-state index is 11.7. The number of hydrogen-bond donors (Lipinski definition) is 1. The Morgan fingerprint density at radius 3 is 2.53 bits per heavy atom. The zero-order valence-corrected chi connectivity index (χ0v) is 10.3. The summed E-state index contributed by atoms with van der Waals surface area (Å²) >= 11 is 0. The summed E-state index contributed by atoms with van der Waals surface area (Å²) in [6.45, 7) is 2.21. The van der Waals surface area contributed by atoms with Gasteiger partial charge >= 0.3 is 0 Å². The van der Waals surface area contributed by atoms with E-state index in [9.17, 15) is 4.79 Å². The van der Waals surface area contributed by atoms with Gasteiger partial charge in [-0.2, -0.15) is 0 Å². The fourth-order valence-electron chi connectivity index (χ4n) is 1.71. The van der Waals surface area contributed by atoms with Gasteiger partial charge < -0.3 is 5.73 Å². The third kappa shape index (κ3) is 3.08. The molecule has 0 spiro atoms. The molecule has 1 aromatic rings. The molecule has 0 aliphatic carbocycles. The molecule has 3 nitrogen and oxygen atoms in total. The molecule has 1 amide bonds. The Kier molecular flexibility index (Phi) is 4.30. The van der Waals surface area contributed by atoms with Crippen molar-refractivity contribution in [2.45, 2.75) is 18.9 Å². The molecule has 0 aliphatic rings. The number of nitrogens with zero attached hydrogens (tertiary/aromatic N) is 1. The molecule has 0 heterocycles. The number of primary amides is 1. The second-order valence-electron chi connectivity index (χ2n) is 4.36. The normalized spacial score (nSPS) is 14.0. The molecule has 0 saturated carbocycles. The molecule has 1 aromatic carbocycles. The van der Waals surface area contributed by atoms with E-state index in [1.165, 1.54) is 0 Å². The number of amides is 1. The Hall–Kier alpha value is -1.79. The van der Waals surface area contributed by atoms with Crippen molar-refractivity contribution in [2.24, 2.45) is 5.73 Å². The summed E-state index contributed by atoms with van der Waals surface area (Å²) in [6, 6.07) is 9.78. The van der Waals surface area contributed by atoms with Gasteiger partial charge in [0.2, 0.25) is 5.91 Å². The summed E-state index contributed by atoms with van der Waals surface area (Å²) in [5.41, 5.74) is 5.81. The Bertz CT molecular complexity index is 422. The zero-order chi connectivity index (χ0) is 12.9. The lowest BCUT2D eigenvalue weighted by Crippen LogP contribution is -2.55. The van der Waals surface area contributed by atoms with Crippen LogP contribution in [-0.4, -0.2) is 29.9 Å². The molecule has 0 aliphatic heterocycles. The minimum atomic E-state index is -0.756. The van der Waals surface area contributed by atoms with E-state index in [0.717, 1.165) is 5.56 Å². The number of hydrogen-bond acceptors (Lipinski definition) is 2. The fourth-order valence-corrected chi connectivity index (χ4v) is 1.71. The number of terminal acetylenes is 1. The molecule has 3 heteroatoms. The highest BCUT2D eigenvalue weighted by atomic mass is 16.1. The first-order valence-electron chi connectivity index (χ1n) is 5.49. The summed E-state index contributed by atoms with van der Waals surface area (Å²) in [7, 11) is 1.81. The van der Waals surface area contributed by atoms with E-state index in [0.29, 0.717) is 13.0 Å². The van der Waals surface area contributed by atoms with Crippen LogP contribution in [0.15, 0.2) is 30.3 Å². The van der Waals surface area contributed by atoms with Crippen LogP contribution in [-0.2, 0) is 11.2 Å². The Labute approximate surface area is 103 Å². The van der Waals surface area contributed by atoms with Crippen LogP contribution >= 0.6 is 0 Å². The molecule has 1 rings (SSSR count). The molecule has 1 unspecified atom stereocenters. The summed E-state index contributed by atoms with van der Waals surface area (Å²) < 4.78 is 0. The highest BCUT2D eigenvalue weighted by molar-refractivity contribution is 5.84. The fraction of sp³-hybridized carbons (Fsp3) is 0.357. The van der Waals surface area contributed by atoms with Gasteiger partial charge in [0.25, 0.3) is 0 Å². The maximum Gasteiger partial charge on any atom is 0.238 e. The maximum absolute atomic E-state index is 11.7. The lowest BCUT2D eigenvalue weighted by atomic mass is 9.90. The van der Waals surface area contributed by atoms with Crippen molar-refractivity contribution in [1.29, 1.82) is 0 Å². The van der Waals surface area contributed by atoms with Gasteiger partial charge in [-0.1, -0.05) is 36.3 Å². The molecule has 90 valence electrons. The third-order valence-corrected chi connectivity index (χ3v) is 3.09. The summed E-state index contributed by atoms with van der Waals surface area (Å²) in [6.07, 6.45) is 5.83. The van der Waals surface area contributed by atoms with Crippen LogP contribution < -0.4 is 5.73 Å². The monoisotopic (exact) mass is 230 g/mol. The lowest BCUT2D eigenvalue weighted by molar-refractivity contribution is -0.128. The Morgan fingerprint density at radius 2 is 2.06 bits per heavy atom. The van der Waals surface area contributed by atoms with Crippen LogP contribution in [0.4, 0.5) is 0 Å². The van der Waals surface area contributed by atoms with Gasteiger partial charge in [-0.15, -0.1) is 6.42 Å². The average molecular weight is 230 g/mol. The zero-order valence-electron chi connectivity index (χ0n) is 10.3. The largest absolute Gasteiger partial charge is 0.368 e. The van der Waals surface area contributed by atoms with Gasteiger partial charge in [0.05, 0.1) is 6.54 Å². The number of carbonyl (C=O) groups is 1. The van der Waals surface area contributed by atoms with E-state index in [1.807, 2.05) is 49.2 Å². The standard InChI is InChI=1S/C14H18N2O/c1-4-10-16(3)14(2,13(15)17)11-12-8-6-5-7-9-12/h1,5-9H,10-11H2,2-3H3,(H2,15,17). The van der Waals surface area contributed by atoms with E-state index >= 15 is 0 Å². The molecule has 0 aromatic heterocycles. The smallest absolute Gasteiger partial charge is 0.238 e. The highest BCUT2D eigenvalue weighted by Gasteiger charge is 2.35. The van der Waals surface area contributed by atoms with E-state index in [4.69, 9.17) is 12.2 Å². The number of nitrogens with two attached hydrogens (primary N) is 1. The summed E-state index contributed by atoms with van der Waals surface area (Å²) in [4.78, 5) is 13.5. The topological polar surface area (TPSA) is 46.3 Å². The van der Waals surface area contributed by atoms with Gasteiger partial charge in [-0.3, -0.25) is 9.69 Å². The number of likely N-dealkylation sites (N-methyl/N-ethyl adjacent to an activating group) is 1. The van der Waals surface area contributed by atoms with E-state index < -0.39 is 5.54 Å². The van der Waals surface area contributed by atoms with Gasteiger partial charge in [0, 0.05) is 0 Å². The van der Waals surface area contributed by atoms with Crippen LogP contribution in [0.2, 0.25) is 0 Å². The molecular formula is C14H18N2O. The number of carbonyl (C=O) groups excluding carboxylic acids is 1. The molecule has 2 N–H and O–H groups in total. The first-order valence-corrected chi connectivity index (χ1v) is 5.49. The van der Waals surface area contributed by atoms with E-state index in [1.54, 1.807) is 0 Å². The minimum absolute atomic E-state index is 0.362. The van der Waals surface area contributed by atoms with E-state index in [2.05, 4.69) is 5.92 Å². The van der Waals surface area contributed by atoms with Crippen LogP contribution in [0.25, 0.3) is 0 Å². The minimum Gasteiger partial charge on any atom is -0.368 e. The van der Waals surface area contributed by atoms with Crippen molar-refractivity contribution >= 4 is 5.91 Å². The van der Waals surface area contributed by atoms with Crippen molar-refractivity contribution in [3.63, 3.8) is 0 Å². The van der Waals surface area contributed by atoms with Gasteiger partial charge in [-0.05, 0) is 26.0 Å². The predicted molar refractivity (Wildman–Crippen MR) is 69.2 cm³/mol. The molecule has 0 bridgehead atoms. The number of rotatable bonds is 5. The van der Waals surface area contributed by atoms with Crippen LogP contribution in [0.1, 0.15) is 12.5 Å². The number of benzene rings is 1. The first-order chi connectivity index (χ1) is 8.00. The van der Waals surface area contributed by atoms with Crippen LogP contribution in [0.5, 0.6) is 0 Å². The van der Waals surface area contributed by atoms with Crippen molar-refractivity contribution in [3.8, 4) is 12.3 Å². The Balaban J connectivity index is 2.94. The molecular weight excluding hydrogens is 212 g/mol. The quantitative estimate of drug-likeness (QED) is 0.768. The summed E-state index contributed by atoms with van der Waals surface area (Å²) in [5.74, 6) is 2.17. The molecule has 0 saturated heterocycles. The molecule has 0 fully saturated rings. The van der Waals surface area contributed by atoms with Gasteiger partial charge in [-0.25, -0.2) is 0 Å². The highest BCUT2D eigenvalue weighted by Crippen LogP contribution is 2.19. The van der Waals surface area contributed by atoms with Crippen molar-refractivity contribution < 1.29 is 4.79 Å². The SMILES string of the molecule is C#CCN(C)C(C)(Cc1ccccc1)C(N)=O. The van der Waals surface area contributed by atoms with Crippen molar-refractivity contribution in [3.05, 3.63) is 35.9 Å². The molecule has 0 radical (unpaired) electrons. The molecule has 1 atom stereocenters. The van der Waals surface area contributed by atoms with Crippen molar-refractivity contribution in [1.82, 2.24) is 4.90 Å².